The monoisotopic (exact) mass is 354 g/mol. The van der Waals surface area contributed by atoms with Gasteiger partial charge in [-0.2, -0.15) is 0 Å². The van der Waals surface area contributed by atoms with Crippen LogP contribution >= 0.6 is 15.9 Å². The highest BCUT2D eigenvalue weighted by atomic mass is 79.9. The Bertz CT molecular complexity index is 535. The summed E-state index contributed by atoms with van der Waals surface area (Å²) in [6.45, 7) is 5.25. The molecule has 1 aromatic rings. The average Bonchev–Trinajstić information content (AvgIpc) is 2.86. The second-order valence-corrected chi connectivity index (χ2v) is 6.78. The fraction of sp³-hybridized carbons (Fsp3) is 0.625. The molecule has 2 aliphatic rings. The van der Waals surface area contributed by atoms with Crippen LogP contribution in [0.1, 0.15) is 30.5 Å². The molecule has 2 heterocycles. The zero-order valence-electron chi connectivity index (χ0n) is 12.7. The second kappa shape index (κ2) is 6.15. The van der Waals surface area contributed by atoms with E-state index in [1.54, 1.807) is 0 Å². The van der Waals surface area contributed by atoms with Crippen LogP contribution in [0.3, 0.4) is 0 Å². The Kier molecular flexibility index (Phi) is 4.43. The average molecular weight is 355 g/mol. The number of fused-ring (bicyclic) bond motifs is 1. The minimum Gasteiger partial charge on any atom is -0.486 e. The van der Waals surface area contributed by atoms with Gasteiger partial charge in [-0.05, 0) is 44.0 Å². The number of likely N-dealkylation sites (tertiary alicyclic amines) is 1. The second-order valence-electron chi connectivity index (χ2n) is 5.92. The summed E-state index contributed by atoms with van der Waals surface area (Å²) in [7, 11) is 2.18. The summed E-state index contributed by atoms with van der Waals surface area (Å²) in [5, 5.41) is 0. The Morgan fingerprint density at radius 2 is 2.14 bits per heavy atom. The van der Waals surface area contributed by atoms with Crippen molar-refractivity contribution in [1.29, 1.82) is 0 Å². The van der Waals surface area contributed by atoms with E-state index in [1.807, 2.05) is 0 Å². The van der Waals surface area contributed by atoms with E-state index in [1.165, 1.54) is 11.1 Å². The highest BCUT2D eigenvalue weighted by Crippen LogP contribution is 2.46. The van der Waals surface area contributed by atoms with E-state index >= 15 is 0 Å². The molecule has 0 bridgehead atoms. The Morgan fingerprint density at radius 3 is 2.81 bits per heavy atom. The molecule has 2 aliphatic heterocycles. The van der Waals surface area contributed by atoms with Crippen LogP contribution in [-0.4, -0.2) is 38.3 Å². The lowest BCUT2D eigenvalue weighted by Gasteiger charge is -2.28. The summed E-state index contributed by atoms with van der Waals surface area (Å²) in [5.41, 5.74) is 8.49. The van der Waals surface area contributed by atoms with Crippen LogP contribution in [0.15, 0.2) is 10.5 Å². The summed E-state index contributed by atoms with van der Waals surface area (Å²) in [6.07, 6.45) is 2.05. The molecule has 116 valence electrons. The van der Waals surface area contributed by atoms with Crippen LogP contribution in [0.4, 0.5) is 0 Å². The van der Waals surface area contributed by atoms with Gasteiger partial charge in [-0.3, -0.25) is 4.90 Å². The number of hydrogen-bond acceptors (Lipinski definition) is 4. The van der Waals surface area contributed by atoms with Gasteiger partial charge >= 0.3 is 0 Å². The Balaban J connectivity index is 2.05. The largest absolute Gasteiger partial charge is 0.486 e. The molecular formula is C16H23BrN2O2. The van der Waals surface area contributed by atoms with E-state index in [0.717, 1.165) is 41.9 Å². The highest BCUT2D eigenvalue weighted by Gasteiger charge is 2.34. The predicted octanol–water partition coefficient (Wildman–Crippen LogP) is 2.73. The van der Waals surface area contributed by atoms with Crippen molar-refractivity contribution in [1.82, 2.24) is 4.90 Å². The first kappa shape index (κ1) is 15.1. The van der Waals surface area contributed by atoms with Crippen molar-refractivity contribution >= 4 is 15.9 Å². The number of nitrogens with two attached hydrogens (primary N) is 1. The lowest BCUT2D eigenvalue weighted by Crippen LogP contribution is -2.23. The Hall–Kier alpha value is -0.780. The first-order valence-corrected chi connectivity index (χ1v) is 8.46. The van der Waals surface area contributed by atoms with Crippen molar-refractivity contribution in [3.8, 4) is 11.5 Å². The van der Waals surface area contributed by atoms with Crippen LogP contribution < -0.4 is 15.2 Å². The van der Waals surface area contributed by atoms with Crippen molar-refractivity contribution < 1.29 is 9.47 Å². The van der Waals surface area contributed by atoms with Gasteiger partial charge in [0.1, 0.15) is 13.2 Å². The van der Waals surface area contributed by atoms with E-state index in [-0.39, 0.29) is 0 Å². The van der Waals surface area contributed by atoms with E-state index in [4.69, 9.17) is 15.2 Å². The molecular weight excluding hydrogens is 332 g/mol. The summed E-state index contributed by atoms with van der Waals surface area (Å²) in [4.78, 5) is 2.41. The number of hydrogen-bond donors (Lipinski definition) is 1. The molecule has 0 radical (unpaired) electrons. The lowest BCUT2D eigenvalue weighted by molar-refractivity contribution is 0.169. The molecule has 0 aromatic heterocycles. The molecule has 1 fully saturated rings. The minimum absolute atomic E-state index is 0.402. The Labute approximate surface area is 134 Å². The first-order chi connectivity index (χ1) is 10.2. The fourth-order valence-electron chi connectivity index (χ4n) is 3.56. The van der Waals surface area contributed by atoms with Crippen LogP contribution in [-0.2, 0) is 6.42 Å². The van der Waals surface area contributed by atoms with E-state index < -0.39 is 0 Å². The maximum atomic E-state index is 5.90. The van der Waals surface area contributed by atoms with Crippen molar-refractivity contribution in [3.05, 3.63) is 21.7 Å². The zero-order chi connectivity index (χ0) is 15.0. The van der Waals surface area contributed by atoms with Crippen molar-refractivity contribution in [2.45, 2.75) is 25.8 Å². The van der Waals surface area contributed by atoms with Gasteiger partial charge in [0.05, 0.1) is 0 Å². The molecule has 2 unspecified atom stereocenters. The Morgan fingerprint density at radius 1 is 1.38 bits per heavy atom. The molecule has 0 aliphatic carbocycles. The standard InChI is InChI=1S/C16H23BrN2O2/c1-3-11-15(13-6-10(8-18)9-19(13)2)12(17)7-14-16(11)21-5-4-20-14/h7,10,13H,3-6,8-9,18H2,1-2H3. The van der Waals surface area contributed by atoms with Gasteiger partial charge in [-0.1, -0.05) is 22.9 Å². The molecule has 2 N–H and O–H groups in total. The molecule has 0 amide bonds. The third-order valence-corrected chi connectivity index (χ3v) is 5.24. The van der Waals surface area contributed by atoms with Crippen LogP contribution in [0.2, 0.25) is 0 Å². The number of nitrogens with zero attached hydrogens (tertiary/aromatic N) is 1. The number of rotatable bonds is 3. The molecule has 0 spiro atoms. The lowest BCUT2D eigenvalue weighted by atomic mass is 9.93. The SMILES string of the molecule is CCc1c2c(cc(Br)c1C1CC(CN)CN1C)OCCO2. The molecule has 2 atom stereocenters. The normalized spacial score (nSPS) is 25.3. The van der Waals surface area contributed by atoms with Crippen molar-refractivity contribution in [2.24, 2.45) is 11.7 Å². The summed E-state index contributed by atoms with van der Waals surface area (Å²) < 4.78 is 12.8. The summed E-state index contributed by atoms with van der Waals surface area (Å²) >= 11 is 3.75. The van der Waals surface area contributed by atoms with E-state index in [0.29, 0.717) is 25.2 Å². The van der Waals surface area contributed by atoms with Gasteiger partial charge in [0.15, 0.2) is 11.5 Å². The van der Waals surface area contributed by atoms with Gasteiger partial charge in [-0.25, -0.2) is 0 Å². The number of benzene rings is 1. The van der Waals surface area contributed by atoms with Gasteiger partial charge in [0, 0.05) is 22.6 Å². The quantitative estimate of drug-likeness (QED) is 0.906. The van der Waals surface area contributed by atoms with Crippen molar-refractivity contribution in [3.63, 3.8) is 0 Å². The van der Waals surface area contributed by atoms with Crippen LogP contribution in [0.25, 0.3) is 0 Å². The molecule has 1 saturated heterocycles. The minimum atomic E-state index is 0.402. The van der Waals surface area contributed by atoms with Crippen LogP contribution in [0.5, 0.6) is 11.5 Å². The number of ether oxygens (including phenoxy) is 2. The van der Waals surface area contributed by atoms with E-state index in [2.05, 4.69) is 40.9 Å². The maximum absolute atomic E-state index is 5.90. The maximum Gasteiger partial charge on any atom is 0.164 e. The van der Waals surface area contributed by atoms with Gasteiger partial charge in [-0.15, -0.1) is 0 Å². The summed E-state index contributed by atoms with van der Waals surface area (Å²) in [6, 6.07) is 2.46. The summed E-state index contributed by atoms with van der Waals surface area (Å²) in [5.74, 6) is 2.38. The van der Waals surface area contributed by atoms with Gasteiger partial charge in [0.25, 0.3) is 0 Å². The topological polar surface area (TPSA) is 47.7 Å². The van der Waals surface area contributed by atoms with Crippen LogP contribution in [0, 0.1) is 5.92 Å². The van der Waals surface area contributed by atoms with Gasteiger partial charge in [0.2, 0.25) is 0 Å². The zero-order valence-corrected chi connectivity index (χ0v) is 14.3. The smallest absolute Gasteiger partial charge is 0.164 e. The van der Waals surface area contributed by atoms with E-state index in [9.17, 15) is 0 Å². The molecule has 5 heteroatoms. The molecule has 0 saturated carbocycles. The third kappa shape index (κ3) is 2.67. The molecule has 3 rings (SSSR count). The fourth-order valence-corrected chi connectivity index (χ4v) is 4.27. The predicted molar refractivity (Wildman–Crippen MR) is 87.0 cm³/mol. The highest BCUT2D eigenvalue weighted by molar-refractivity contribution is 9.10. The van der Waals surface area contributed by atoms with Crippen molar-refractivity contribution in [2.75, 3.05) is 33.4 Å². The third-order valence-electron chi connectivity index (χ3n) is 4.58. The number of halogens is 1. The van der Waals surface area contributed by atoms with Gasteiger partial charge < -0.3 is 15.2 Å². The first-order valence-electron chi connectivity index (χ1n) is 7.66. The molecule has 21 heavy (non-hydrogen) atoms. The molecule has 1 aromatic carbocycles. The molecule has 4 nitrogen and oxygen atoms in total.